The molecule has 1 amide bonds. The van der Waals surface area contributed by atoms with E-state index in [1.165, 1.54) is 12.5 Å². The van der Waals surface area contributed by atoms with Gasteiger partial charge in [0.1, 0.15) is 5.72 Å². The molecule has 0 saturated heterocycles. The van der Waals surface area contributed by atoms with Crippen LogP contribution in [-0.2, 0) is 4.79 Å². The molecule has 0 bridgehead atoms. The highest BCUT2D eigenvalue weighted by Crippen LogP contribution is 2.47. The fraction of sp³-hybridized carbons (Fsp3) is 0.304. The van der Waals surface area contributed by atoms with Crippen molar-refractivity contribution in [1.29, 1.82) is 0 Å². The van der Waals surface area contributed by atoms with Gasteiger partial charge in [-0.3, -0.25) is 9.78 Å². The van der Waals surface area contributed by atoms with Gasteiger partial charge in [-0.15, -0.1) is 0 Å². The second kappa shape index (κ2) is 7.53. The Hall–Kier alpha value is -2.43. The molecule has 3 atom stereocenters. The molecule has 3 unspecified atom stereocenters. The summed E-state index contributed by atoms with van der Waals surface area (Å²) < 4.78 is 0. The van der Waals surface area contributed by atoms with Gasteiger partial charge in [0, 0.05) is 29.4 Å². The van der Waals surface area contributed by atoms with Gasteiger partial charge in [0.2, 0.25) is 5.91 Å². The van der Waals surface area contributed by atoms with Crippen LogP contribution in [0.5, 0.6) is 0 Å². The standard InChI is InChI=1S/C23H23ClN2O2/c1-15(27)26-23(28)12-10-17(14-21(23)16-6-8-18(24)9-7-16)19-11-13-25-22-5-3-2-4-20(19)22/h2-9,11,13,17,21,28H,10,12,14H2,1H3,(H,26,27). The fourth-order valence-corrected chi connectivity index (χ4v) is 4.61. The van der Waals surface area contributed by atoms with Gasteiger partial charge < -0.3 is 10.4 Å². The lowest BCUT2D eigenvalue weighted by atomic mass is 9.70. The Kier molecular flexibility index (Phi) is 5.09. The summed E-state index contributed by atoms with van der Waals surface area (Å²) in [6, 6.07) is 17.8. The number of benzene rings is 2. The first-order chi connectivity index (χ1) is 13.5. The first-order valence-electron chi connectivity index (χ1n) is 9.56. The zero-order chi connectivity index (χ0) is 19.7. The van der Waals surface area contributed by atoms with Crippen LogP contribution in [0.2, 0.25) is 5.02 Å². The quantitative estimate of drug-likeness (QED) is 0.629. The van der Waals surface area contributed by atoms with E-state index in [1.807, 2.05) is 48.7 Å². The molecule has 2 aromatic carbocycles. The topological polar surface area (TPSA) is 62.2 Å². The van der Waals surface area contributed by atoms with Crippen molar-refractivity contribution in [1.82, 2.24) is 10.3 Å². The van der Waals surface area contributed by atoms with E-state index in [1.54, 1.807) is 0 Å². The van der Waals surface area contributed by atoms with Crippen LogP contribution in [0.15, 0.2) is 60.8 Å². The van der Waals surface area contributed by atoms with Gasteiger partial charge in [0.05, 0.1) is 5.52 Å². The Morgan fingerprint density at radius 1 is 1.18 bits per heavy atom. The van der Waals surface area contributed by atoms with E-state index in [9.17, 15) is 9.90 Å². The maximum absolute atomic E-state index is 11.8. The number of fused-ring (bicyclic) bond motifs is 1. The van der Waals surface area contributed by atoms with Crippen LogP contribution < -0.4 is 5.32 Å². The molecule has 2 N–H and O–H groups in total. The Bertz CT molecular complexity index is 1000. The summed E-state index contributed by atoms with van der Waals surface area (Å²) in [6.45, 7) is 1.44. The average molecular weight is 395 g/mol. The number of amides is 1. The Morgan fingerprint density at radius 3 is 2.68 bits per heavy atom. The number of para-hydroxylation sites is 1. The Balaban J connectivity index is 1.73. The molecule has 1 fully saturated rings. The highest BCUT2D eigenvalue weighted by molar-refractivity contribution is 6.30. The summed E-state index contributed by atoms with van der Waals surface area (Å²) in [7, 11) is 0. The predicted molar refractivity (Wildman–Crippen MR) is 111 cm³/mol. The Morgan fingerprint density at radius 2 is 1.93 bits per heavy atom. The number of nitrogens with zero attached hydrogens (tertiary/aromatic N) is 1. The zero-order valence-corrected chi connectivity index (χ0v) is 16.5. The highest BCUT2D eigenvalue weighted by atomic mass is 35.5. The molecule has 28 heavy (non-hydrogen) atoms. The summed E-state index contributed by atoms with van der Waals surface area (Å²) in [6.07, 6.45) is 3.85. The number of halogens is 1. The van der Waals surface area contributed by atoms with Crippen LogP contribution in [0.3, 0.4) is 0 Å². The smallest absolute Gasteiger partial charge is 0.219 e. The lowest BCUT2D eigenvalue weighted by molar-refractivity contribution is -0.131. The minimum absolute atomic E-state index is 0.223. The van der Waals surface area contributed by atoms with Gasteiger partial charge in [-0.2, -0.15) is 0 Å². The van der Waals surface area contributed by atoms with Crippen molar-refractivity contribution >= 4 is 28.4 Å². The van der Waals surface area contributed by atoms with Crippen molar-refractivity contribution in [3.63, 3.8) is 0 Å². The number of aromatic nitrogens is 1. The van der Waals surface area contributed by atoms with Crippen molar-refractivity contribution in [3.05, 3.63) is 76.9 Å². The first kappa shape index (κ1) is 18.9. The van der Waals surface area contributed by atoms with Crippen molar-refractivity contribution in [2.75, 3.05) is 0 Å². The molecular weight excluding hydrogens is 372 g/mol. The van der Waals surface area contributed by atoms with Crippen molar-refractivity contribution in [2.24, 2.45) is 0 Å². The molecule has 5 heteroatoms. The fourth-order valence-electron chi connectivity index (χ4n) is 4.48. The monoisotopic (exact) mass is 394 g/mol. The van der Waals surface area contributed by atoms with E-state index in [0.29, 0.717) is 11.4 Å². The number of rotatable bonds is 3. The van der Waals surface area contributed by atoms with Crippen LogP contribution >= 0.6 is 11.6 Å². The van der Waals surface area contributed by atoms with Crippen molar-refractivity contribution in [3.8, 4) is 0 Å². The van der Waals surface area contributed by atoms with Crippen molar-refractivity contribution < 1.29 is 9.90 Å². The molecule has 0 aliphatic heterocycles. The van der Waals surface area contributed by atoms with E-state index < -0.39 is 5.72 Å². The molecule has 0 radical (unpaired) electrons. The third-order valence-corrected chi connectivity index (χ3v) is 6.01. The first-order valence-corrected chi connectivity index (χ1v) is 9.94. The van der Waals surface area contributed by atoms with Crippen LogP contribution in [0.1, 0.15) is 49.1 Å². The minimum Gasteiger partial charge on any atom is -0.370 e. The highest BCUT2D eigenvalue weighted by Gasteiger charge is 2.44. The molecule has 4 nitrogen and oxygen atoms in total. The lowest BCUT2D eigenvalue weighted by Gasteiger charge is -2.44. The molecule has 4 rings (SSSR count). The maximum Gasteiger partial charge on any atom is 0.219 e. The van der Waals surface area contributed by atoms with Gasteiger partial charge in [-0.25, -0.2) is 0 Å². The van der Waals surface area contributed by atoms with E-state index in [2.05, 4.69) is 22.4 Å². The number of nitrogens with one attached hydrogen (secondary N) is 1. The van der Waals surface area contributed by atoms with Gasteiger partial charge >= 0.3 is 0 Å². The molecule has 0 spiro atoms. The molecule has 1 saturated carbocycles. The summed E-state index contributed by atoms with van der Waals surface area (Å²) in [5.74, 6) is -0.184. The molecular formula is C23H23ClN2O2. The minimum atomic E-state index is -1.26. The van der Waals surface area contributed by atoms with E-state index in [-0.39, 0.29) is 17.7 Å². The molecule has 1 aromatic heterocycles. The summed E-state index contributed by atoms with van der Waals surface area (Å²) in [5, 5.41) is 15.9. The number of aliphatic hydroxyl groups is 1. The molecule has 144 valence electrons. The number of hydrogen-bond acceptors (Lipinski definition) is 3. The normalized spacial score (nSPS) is 24.8. The SMILES string of the molecule is CC(=O)NC1(O)CCC(c2ccnc3ccccc23)CC1c1ccc(Cl)cc1. The zero-order valence-electron chi connectivity index (χ0n) is 15.7. The number of carbonyl (C=O) groups is 1. The van der Waals surface area contributed by atoms with Gasteiger partial charge in [-0.1, -0.05) is 41.9 Å². The third kappa shape index (κ3) is 3.62. The van der Waals surface area contributed by atoms with Crippen molar-refractivity contribution in [2.45, 2.75) is 43.7 Å². The second-order valence-electron chi connectivity index (χ2n) is 7.60. The molecule has 3 aromatic rings. The van der Waals surface area contributed by atoms with E-state index in [4.69, 9.17) is 11.6 Å². The second-order valence-corrected chi connectivity index (χ2v) is 8.03. The average Bonchev–Trinajstić information content (AvgIpc) is 2.68. The number of hydrogen-bond donors (Lipinski definition) is 2. The van der Waals surface area contributed by atoms with Crippen LogP contribution in [0.25, 0.3) is 10.9 Å². The van der Waals surface area contributed by atoms with Crippen LogP contribution in [0, 0.1) is 0 Å². The molecule has 1 aliphatic rings. The Labute approximate surface area is 169 Å². The summed E-state index contributed by atoms with van der Waals surface area (Å²) in [5.41, 5.74) is 1.93. The largest absolute Gasteiger partial charge is 0.370 e. The molecule has 1 heterocycles. The predicted octanol–water partition coefficient (Wildman–Crippen LogP) is 4.76. The third-order valence-electron chi connectivity index (χ3n) is 5.76. The van der Waals surface area contributed by atoms with Gasteiger partial charge in [0.15, 0.2) is 0 Å². The number of pyridine rings is 1. The van der Waals surface area contributed by atoms with Crippen LogP contribution in [0.4, 0.5) is 0 Å². The number of carbonyl (C=O) groups excluding carboxylic acids is 1. The van der Waals surface area contributed by atoms with Gasteiger partial charge in [-0.05, 0) is 60.6 Å². The maximum atomic E-state index is 11.8. The lowest BCUT2D eigenvalue weighted by Crippen LogP contribution is -2.54. The van der Waals surface area contributed by atoms with Crippen LogP contribution in [-0.4, -0.2) is 21.7 Å². The van der Waals surface area contributed by atoms with Gasteiger partial charge in [0.25, 0.3) is 0 Å². The molecule has 1 aliphatic carbocycles. The van der Waals surface area contributed by atoms with E-state index >= 15 is 0 Å². The van der Waals surface area contributed by atoms with E-state index in [0.717, 1.165) is 29.3 Å². The summed E-state index contributed by atoms with van der Waals surface area (Å²) in [4.78, 5) is 16.2. The summed E-state index contributed by atoms with van der Waals surface area (Å²) >= 11 is 6.06.